The molecule has 0 radical (unpaired) electrons. The van der Waals surface area contributed by atoms with E-state index in [0.29, 0.717) is 11.5 Å². The normalized spacial score (nSPS) is 11.8. The molecule has 0 unspecified atom stereocenters. The third kappa shape index (κ3) is 2.50. The summed E-state index contributed by atoms with van der Waals surface area (Å²) in [5.41, 5.74) is 8.30. The van der Waals surface area contributed by atoms with Gasteiger partial charge in [0.15, 0.2) is 5.65 Å². The van der Waals surface area contributed by atoms with Crippen LogP contribution in [0.5, 0.6) is 5.75 Å². The van der Waals surface area contributed by atoms with Crippen molar-refractivity contribution in [3.63, 3.8) is 0 Å². The highest BCUT2D eigenvalue weighted by Gasteiger charge is 2.15. The number of hydrogen-bond donors (Lipinski definition) is 2. The van der Waals surface area contributed by atoms with E-state index in [0.717, 1.165) is 16.6 Å². The van der Waals surface area contributed by atoms with E-state index in [2.05, 4.69) is 15.1 Å². The molecular weight excluding hydrogens is 278 g/mol. The molecule has 0 bridgehead atoms. The summed E-state index contributed by atoms with van der Waals surface area (Å²) in [5, 5.41) is 14.8. The Labute approximate surface area is 127 Å². The van der Waals surface area contributed by atoms with Gasteiger partial charge in [0.2, 0.25) is 0 Å². The standard InChI is InChI=1S/C16H17N5O/c1-10(2)21-16-14(15(17)18-9-19-16)13(20-21)7-6-11-4-3-5-12(22)8-11/h3-10,22H,1-2H3,(H2,17,18,19)/b7-6+. The molecule has 0 saturated heterocycles. The van der Waals surface area contributed by atoms with Crippen LogP contribution in [0.4, 0.5) is 5.82 Å². The molecule has 0 atom stereocenters. The molecule has 0 aliphatic carbocycles. The number of nitrogens with zero attached hydrogens (tertiary/aromatic N) is 4. The zero-order valence-electron chi connectivity index (χ0n) is 12.4. The van der Waals surface area contributed by atoms with Crippen molar-refractivity contribution >= 4 is 29.0 Å². The first-order valence-corrected chi connectivity index (χ1v) is 7.02. The zero-order valence-corrected chi connectivity index (χ0v) is 12.4. The predicted molar refractivity (Wildman–Crippen MR) is 87.2 cm³/mol. The van der Waals surface area contributed by atoms with Crippen LogP contribution in [0.2, 0.25) is 0 Å². The summed E-state index contributed by atoms with van der Waals surface area (Å²) in [6, 6.07) is 7.17. The molecule has 6 nitrogen and oxygen atoms in total. The fraction of sp³-hybridized carbons (Fsp3) is 0.188. The van der Waals surface area contributed by atoms with Gasteiger partial charge in [0.05, 0.1) is 11.1 Å². The minimum absolute atomic E-state index is 0.166. The van der Waals surface area contributed by atoms with Crippen molar-refractivity contribution in [2.45, 2.75) is 19.9 Å². The molecule has 0 amide bonds. The molecule has 3 N–H and O–H groups in total. The lowest BCUT2D eigenvalue weighted by molar-refractivity contribution is 0.475. The Balaban J connectivity index is 2.11. The molecule has 0 fully saturated rings. The van der Waals surface area contributed by atoms with Gasteiger partial charge in [-0.3, -0.25) is 0 Å². The van der Waals surface area contributed by atoms with Gasteiger partial charge in [-0.1, -0.05) is 18.2 Å². The highest BCUT2D eigenvalue weighted by Crippen LogP contribution is 2.25. The number of anilines is 1. The Morgan fingerprint density at radius 2 is 2.05 bits per heavy atom. The number of phenols is 1. The Hall–Kier alpha value is -2.89. The van der Waals surface area contributed by atoms with E-state index >= 15 is 0 Å². The highest BCUT2D eigenvalue weighted by atomic mass is 16.3. The first-order chi connectivity index (χ1) is 10.6. The first-order valence-electron chi connectivity index (χ1n) is 7.02. The number of nitrogens with two attached hydrogens (primary N) is 1. The summed E-state index contributed by atoms with van der Waals surface area (Å²) < 4.78 is 1.83. The van der Waals surface area contributed by atoms with E-state index in [-0.39, 0.29) is 11.8 Å². The number of phenolic OH excluding ortho intramolecular Hbond substituents is 1. The Morgan fingerprint density at radius 3 is 2.77 bits per heavy atom. The van der Waals surface area contributed by atoms with Gasteiger partial charge in [-0.2, -0.15) is 5.10 Å². The monoisotopic (exact) mass is 295 g/mol. The van der Waals surface area contributed by atoms with E-state index in [4.69, 9.17) is 5.73 Å². The van der Waals surface area contributed by atoms with Gasteiger partial charge in [-0.15, -0.1) is 0 Å². The molecule has 0 spiro atoms. The van der Waals surface area contributed by atoms with Crippen LogP contribution in [-0.2, 0) is 0 Å². The van der Waals surface area contributed by atoms with Crippen LogP contribution in [-0.4, -0.2) is 24.9 Å². The predicted octanol–water partition coefficient (Wildman–Crippen LogP) is 2.87. The molecule has 1 aromatic carbocycles. The summed E-state index contributed by atoms with van der Waals surface area (Å²) in [5.74, 6) is 0.634. The lowest BCUT2D eigenvalue weighted by Gasteiger charge is -2.05. The lowest BCUT2D eigenvalue weighted by atomic mass is 10.1. The summed E-state index contributed by atoms with van der Waals surface area (Å²) >= 11 is 0. The van der Waals surface area contributed by atoms with Crippen LogP contribution < -0.4 is 5.73 Å². The van der Waals surface area contributed by atoms with Crippen molar-refractivity contribution in [1.29, 1.82) is 0 Å². The van der Waals surface area contributed by atoms with Crippen LogP contribution in [0.25, 0.3) is 23.2 Å². The molecular formula is C16H17N5O. The topological polar surface area (TPSA) is 89.8 Å². The maximum Gasteiger partial charge on any atom is 0.164 e. The Bertz CT molecular complexity index is 851. The van der Waals surface area contributed by atoms with Crippen LogP contribution in [0.1, 0.15) is 31.1 Å². The zero-order chi connectivity index (χ0) is 15.7. The van der Waals surface area contributed by atoms with Gasteiger partial charge in [-0.05, 0) is 37.6 Å². The van der Waals surface area contributed by atoms with Gasteiger partial charge in [0.25, 0.3) is 0 Å². The minimum Gasteiger partial charge on any atom is -0.508 e. The lowest BCUT2D eigenvalue weighted by Crippen LogP contribution is -2.04. The van der Waals surface area contributed by atoms with Crippen LogP contribution in [0, 0.1) is 0 Å². The molecule has 0 aliphatic heterocycles. The van der Waals surface area contributed by atoms with E-state index in [1.807, 2.05) is 36.7 Å². The second-order valence-electron chi connectivity index (χ2n) is 5.31. The summed E-state index contributed by atoms with van der Waals surface area (Å²) in [6.07, 6.45) is 5.18. The third-order valence-corrected chi connectivity index (χ3v) is 3.34. The van der Waals surface area contributed by atoms with Gasteiger partial charge in [-0.25, -0.2) is 14.6 Å². The number of fused-ring (bicyclic) bond motifs is 1. The SMILES string of the molecule is CC(C)n1nc(/C=C/c2cccc(O)c2)c2c(N)ncnc21. The average Bonchev–Trinajstić information content (AvgIpc) is 2.86. The molecule has 0 saturated carbocycles. The van der Waals surface area contributed by atoms with E-state index in [1.54, 1.807) is 18.2 Å². The number of aromatic hydroxyl groups is 1. The Kier molecular flexibility index (Phi) is 3.50. The molecule has 112 valence electrons. The smallest absolute Gasteiger partial charge is 0.164 e. The average molecular weight is 295 g/mol. The maximum atomic E-state index is 9.51. The van der Waals surface area contributed by atoms with Crippen LogP contribution in [0.3, 0.4) is 0 Å². The van der Waals surface area contributed by atoms with E-state index in [1.165, 1.54) is 6.33 Å². The van der Waals surface area contributed by atoms with Crippen LogP contribution in [0.15, 0.2) is 30.6 Å². The maximum absolute atomic E-state index is 9.51. The van der Waals surface area contributed by atoms with E-state index < -0.39 is 0 Å². The van der Waals surface area contributed by atoms with Gasteiger partial charge >= 0.3 is 0 Å². The third-order valence-electron chi connectivity index (χ3n) is 3.34. The second-order valence-corrected chi connectivity index (χ2v) is 5.31. The molecule has 3 rings (SSSR count). The fourth-order valence-electron chi connectivity index (χ4n) is 2.30. The minimum atomic E-state index is 0.166. The number of aromatic nitrogens is 4. The molecule has 22 heavy (non-hydrogen) atoms. The van der Waals surface area contributed by atoms with Gasteiger partial charge in [0.1, 0.15) is 17.9 Å². The fourth-order valence-corrected chi connectivity index (χ4v) is 2.30. The molecule has 0 aliphatic rings. The largest absolute Gasteiger partial charge is 0.508 e. The summed E-state index contributed by atoms with van der Waals surface area (Å²) in [4.78, 5) is 8.34. The van der Waals surface area contributed by atoms with Crippen molar-refractivity contribution in [1.82, 2.24) is 19.7 Å². The number of nitrogen functional groups attached to an aromatic ring is 1. The summed E-state index contributed by atoms with van der Waals surface area (Å²) in [6.45, 7) is 4.07. The van der Waals surface area contributed by atoms with Crippen molar-refractivity contribution in [2.75, 3.05) is 5.73 Å². The molecule has 2 aromatic heterocycles. The number of rotatable bonds is 3. The first kappa shape index (κ1) is 14.1. The molecule has 6 heteroatoms. The van der Waals surface area contributed by atoms with E-state index in [9.17, 15) is 5.11 Å². The quantitative estimate of drug-likeness (QED) is 0.775. The van der Waals surface area contributed by atoms with Crippen molar-refractivity contribution in [2.24, 2.45) is 0 Å². The number of benzene rings is 1. The van der Waals surface area contributed by atoms with Gasteiger partial charge < -0.3 is 10.8 Å². The van der Waals surface area contributed by atoms with Crippen LogP contribution >= 0.6 is 0 Å². The second kappa shape index (κ2) is 5.48. The Morgan fingerprint density at radius 1 is 1.23 bits per heavy atom. The highest BCUT2D eigenvalue weighted by molar-refractivity contribution is 5.94. The summed E-state index contributed by atoms with van der Waals surface area (Å²) in [7, 11) is 0. The van der Waals surface area contributed by atoms with Crippen molar-refractivity contribution in [3.8, 4) is 5.75 Å². The molecule has 2 heterocycles. The number of hydrogen-bond acceptors (Lipinski definition) is 5. The van der Waals surface area contributed by atoms with Gasteiger partial charge in [0, 0.05) is 6.04 Å². The van der Waals surface area contributed by atoms with Crippen molar-refractivity contribution < 1.29 is 5.11 Å². The molecule has 3 aromatic rings. The van der Waals surface area contributed by atoms with Crippen molar-refractivity contribution in [3.05, 3.63) is 41.9 Å².